The number of carboxylic acids is 1. The first kappa shape index (κ1) is 23.7. The van der Waals surface area contributed by atoms with E-state index in [0.29, 0.717) is 34.1 Å². The summed E-state index contributed by atoms with van der Waals surface area (Å²) < 4.78 is 54.4. The highest BCUT2D eigenvalue weighted by atomic mass is 32.2. The van der Waals surface area contributed by atoms with Crippen molar-refractivity contribution in [1.82, 2.24) is 5.16 Å². The summed E-state index contributed by atoms with van der Waals surface area (Å²) in [7, 11) is 1.51. The van der Waals surface area contributed by atoms with Gasteiger partial charge in [-0.1, -0.05) is 17.3 Å². The summed E-state index contributed by atoms with van der Waals surface area (Å²) in [5.74, 6) is 0.244. The van der Waals surface area contributed by atoms with Crippen molar-refractivity contribution in [2.75, 3.05) is 13.7 Å². The molecule has 1 aromatic heterocycles. The topological polar surface area (TPSA) is 81.8 Å². The molecular weight excluding hydrogens is 447 g/mol. The van der Waals surface area contributed by atoms with E-state index in [1.807, 2.05) is 19.1 Å². The number of methoxy groups -OCH3 is 1. The molecule has 0 fully saturated rings. The maximum atomic E-state index is 12.8. The summed E-state index contributed by atoms with van der Waals surface area (Å²) in [6.07, 6.45) is -4.41. The van der Waals surface area contributed by atoms with Gasteiger partial charge in [-0.15, -0.1) is 11.8 Å². The van der Waals surface area contributed by atoms with Crippen molar-refractivity contribution >= 4 is 17.7 Å². The third kappa shape index (κ3) is 5.83. The Bertz CT molecular complexity index is 1080. The standard InChI is InChI=1S/C22H20F3NO5S/c1-13-9-16(7-8-19(13)30-11-20(27)28)32-12-18-17(10-29-2)21(31-26-18)14-3-5-15(6-4-14)22(23,24)25/h3-9H,10-12H2,1-2H3,(H,27,28). The van der Waals surface area contributed by atoms with Crippen LogP contribution in [0.15, 0.2) is 51.9 Å². The Hall–Kier alpha value is -2.98. The number of hydrogen-bond acceptors (Lipinski definition) is 6. The van der Waals surface area contributed by atoms with Crippen LogP contribution in [0.1, 0.15) is 22.4 Å². The third-order valence-corrected chi connectivity index (χ3v) is 5.51. The van der Waals surface area contributed by atoms with Crippen LogP contribution in [0.4, 0.5) is 13.2 Å². The summed E-state index contributed by atoms with van der Waals surface area (Å²) in [6.45, 7) is 1.59. The summed E-state index contributed by atoms with van der Waals surface area (Å²) in [5, 5.41) is 12.8. The molecule has 0 saturated carbocycles. The Morgan fingerprint density at radius 1 is 1.19 bits per heavy atom. The van der Waals surface area contributed by atoms with Crippen molar-refractivity contribution in [3.05, 3.63) is 64.8 Å². The number of carboxylic acid groups (broad SMARTS) is 1. The molecule has 0 unspecified atom stereocenters. The summed E-state index contributed by atoms with van der Waals surface area (Å²) in [4.78, 5) is 11.6. The second-order valence-electron chi connectivity index (χ2n) is 6.84. The number of aliphatic carboxylic acids is 1. The fourth-order valence-electron chi connectivity index (χ4n) is 2.95. The number of aryl methyl sites for hydroxylation is 1. The van der Waals surface area contributed by atoms with Gasteiger partial charge < -0.3 is 19.1 Å². The molecule has 0 aliphatic heterocycles. The van der Waals surface area contributed by atoms with Gasteiger partial charge in [0.05, 0.1) is 17.9 Å². The molecule has 3 aromatic rings. The number of benzene rings is 2. The van der Waals surface area contributed by atoms with Crippen molar-refractivity contribution < 1.29 is 37.1 Å². The molecular formula is C22H20F3NO5S. The Morgan fingerprint density at radius 2 is 1.91 bits per heavy atom. The molecule has 1 N–H and O–H groups in total. The number of halogens is 3. The van der Waals surface area contributed by atoms with E-state index in [1.54, 1.807) is 6.07 Å². The van der Waals surface area contributed by atoms with Gasteiger partial charge in [0.1, 0.15) is 5.75 Å². The zero-order valence-electron chi connectivity index (χ0n) is 17.2. The van der Waals surface area contributed by atoms with Crippen molar-refractivity contribution in [1.29, 1.82) is 0 Å². The molecule has 0 radical (unpaired) electrons. The molecule has 32 heavy (non-hydrogen) atoms. The molecule has 0 amide bonds. The lowest BCUT2D eigenvalue weighted by molar-refractivity contribution is -0.139. The molecule has 1 heterocycles. The first-order chi connectivity index (χ1) is 15.2. The minimum absolute atomic E-state index is 0.191. The number of ether oxygens (including phenoxy) is 2. The molecule has 3 rings (SSSR count). The highest BCUT2D eigenvalue weighted by molar-refractivity contribution is 7.98. The Balaban J connectivity index is 1.76. The molecule has 0 saturated heterocycles. The van der Waals surface area contributed by atoms with Gasteiger partial charge in [-0.3, -0.25) is 0 Å². The lowest BCUT2D eigenvalue weighted by Gasteiger charge is -2.09. The van der Waals surface area contributed by atoms with E-state index in [4.69, 9.17) is 19.1 Å². The van der Waals surface area contributed by atoms with Gasteiger partial charge in [-0.25, -0.2) is 4.79 Å². The maximum absolute atomic E-state index is 12.8. The minimum Gasteiger partial charge on any atom is -0.482 e. The number of thioether (sulfide) groups is 1. The molecule has 0 aliphatic rings. The van der Waals surface area contributed by atoms with Crippen molar-refractivity contribution in [2.24, 2.45) is 0 Å². The number of nitrogens with zero attached hydrogens (tertiary/aromatic N) is 1. The molecule has 2 aromatic carbocycles. The smallest absolute Gasteiger partial charge is 0.416 e. The van der Waals surface area contributed by atoms with Crippen LogP contribution in [-0.2, 0) is 28.1 Å². The van der Waals surface area contributed by atoms with E-state index >= 15 is 0 Å². The summed E-state index contributed by atoms with van der Waals surface area (Å²) in [6, 6.07) is 10.1. The minimum atomic E-state index is -4.41. The first-order valence-electron chi connectivity index (χ1n) is 9.41. The van der Waals surface area contributed by atoms with Gasteiger partial charge in [0, 0.05) is 28.9 Å². The second-order valence-corrected chi connectivity index (χ2v) is 7.89. The van der Waals surface area contributed by atoms with Gasteiger partial charge >= 0.3 is 12.1 Å². The molecule has 0 spiro atoms. The number of aromatic nitrogens is 1. The Morgan fingerprint density at radius 3 is 2.50 bits per heavy atom. The van der Waals surface area contributed by atoms with E-state index in [2.05, 4.69) is 5.16 Å². The fraction of sp³-hybridized carbons (Fsp3) is 0.273. The second kappa shape index (κ2) is 10.1. The van der Waals surface area contributed by atoms with Gasteiger partial charge in [0.15, 0.2) is 12.4 Å². The van der Waals surface area contributed by atoms with E-state index in [-0.39, 0.29) is 6.61 Å². The zero-order valence-corrected chi connectivity index (χ0v) is 18.0. The third-order valence-electron chi connectivity index (χ3n) is 4.51. The number of carbonyl (C=O) groups is 1. The van der Waals surface area contributed by atoms with Crippen LogP contribution in [0.3, 0.4) is 0 Å². The summed E-state index contributed by atoms with van der Waals surface area (Å²) >= 11 is 1.48. The van der Waals surface area contributed by atoms with Gasteiger partial charge in [0.2, 0.25) is 0 Å². The Labute approximate surface area is 186 Å². The van der Waals surface area contributed by atoms with Crippen LogP contribution >= 0.6 is 11.8 Å². The number of hydrogen-bond donors (Lipinski definition) is 1. The maximum Gasteiger partial charge on any atom is 0.416 e. The van der Waals surface area contributed by atoms with Crippen LogP contribution in [-0.4, -0.2) is 29.9 Å². The van der Waals surface area contributed by atoms with Crippen LogP contribution in [0.5, 0.6) is 5.75 Å². The average Bonchev–Trinajstić information content (AvgIpc) is 3.14. The van der Waals surface area contributed by atoms with Crippen molar-refractivity contribution in [2.45, 2.75) is 30.4 Å². The predicted molar refractivity (Wildman–Crippen MR) is 112 cm³/mol. The van der Waals surface area contributed by atoms with E-state index in [9.17, 15) is 18.0 Å². The molecule has 0 atom stereocenters. The lowest BCUT2D eigenvalue weighted by atomic mass is 10.1. The molecule has 10 heteroatoms. The van der Waals surface area contributed by atoms with Crippen LogP contribution in [0.25, 0.3) is 11.3 Å². The van der Waals surface area contributed by atoms with Gasteiger partial charge in [0.25, 0.3) is 0 Å². The van der Waals surface area contributed by atoms with Crippen LogP contribution in [0.2, 0.25) is 0 Å². The fourth-order valence-corrected chi connectivity index (χ4v) is 3.91. The van der Waals surface area contributed by atoms with Crippen LogP contribution < -0.4 is 4.74 Å². The lowest BCUT2D eigenvalue weighted by Crippen LogP contribution is -2.09. The van der Waals surface area contributed by atoms with E-state index < -0.39 is 24.3 Å². The highest BCUT2D eigenvalue weighted by Crippen LogP contribution is 2.35. The quantitative estimate of drug-likeness (QED) is 0.412. The van der Waals surface area contributed by atoms with E-state index in [1.165, 1.54) is 31.0 Å². The van der Waals surface area contributed by atoms with Gasteiger partial charge in [-0.2, -0.15) is 13.2 Å². The average molecular weight is 467 g/mol. The normalized spacial score (nSPS) is 11.5. The molecule has 6 nitrogen and oxygen atoms in total. The van der Waals surface area contributed by atoms with Crippen molar-refractivity contribution in [3.8, 4) is 17.1 Å². The molecule has 0 bridgehead atoms. The number of alkyl halides is 3. The highest BCUT2D eigenvalue weighted by Gasteiger charge is 2.30. The first-order valence-corrected chi connectivity index (χ1v) is 10.4. The van der Waals surface area contributed by atoms with Gasteiger partial charge in [-0.05, 0) is 42.8 Å². The predicted octanol–water partition coefficient (Wildman–Crippen LogP) is 5.57. The Kier molecular flexibility index (Phi) is 7.47. The zero-order chi connectivity index (χ0) is 23.3. The summed E-state index contributed by atoms with van der Waals surface area (Å²) in [5.41, 5.74) is 1.81. The number of rotatable bonds is 9. The van der Waals surface area contributed by atoms with Crippen molar-refractivity contribution in [3.63, 3.8) is 0 Å². The monoisotopic (exact) mass is 467 g/mol. The van der Waals surface area contributed by atoms with E-state index in [0.717, 1.165) is 22.6 Å². The largest absolute Gasteiger partial charge is 0.482 e. The van der Waals surface area contributed by atoms with Crippen LogP contribution in [0, 0.1) is 6.92 Å². The molecule has 0 aliphatic carbocycles. The SMILES string of the molecule is COCc1c(CSc2ccc(OCC(=O)O)c(C)c2)noc1-c1ccc(C(F)(F)F)cc1. The molecule has 170 valence electrons.